The number of carbonyl (C=O) groups is 1. The molecular formula is C11H22N2O3. The highest BCUT2D eigenvalue weighted by Crippen LogP contribution is 2.06. The lowest BCUT2D eigenvalue weighted by Crippen LogP contribution is -2.40. The van der Waals surface area contributed by atoms with E-state index in [9.17, 15) is 4.79 Å². The van der Waals surface area contributed by atoms with Crippen molar-refractivity contribution in [2.24, 2.45) is 0 Å². The van der Waals surface area contributed by atoms with Gasteiger partial charge < -0.3 is 19.7 Å². The molecule has 0 aromatic carbocycles. The van der Waals surface area contributed by atoms with Gasteiger partial charge in [0.25, 0.3) is 0 Å². The van der Waals surface area contributed by atoms with Gasteiger partial charge in [0.05, 0.1) is 13.2 Å². The molecule has 1 unspecified atom stereocenters. The molecule has 1 amide bonds. The lowest BCUT2D eigenvalue weighted by molar-refractivity contribution is -0.135. The van der Waals surface area contributed by atoms with Gasteiger partial charge in [-0.1, -0.05) is 0 Å². The number of hydrogen-bond acceptors (Lipinski definition) is 4. The monoisotopic (exact) mass is 230 g/mol. The Morgan fingerprint density at radius 2 is 2.31 bits per heavy atom. The van der Waals surface area contributed by atoms with Crippen LogP contribution in [0.4, 0.5) is 0 Å². The van der Waals surface area contributed by atoms with Crippen molar-refractivity contribution in [3.8, 4) is 0 Å². The van der Waals surface area contributed by atoms with E-state index in [1.54, 1.807) is 12.0 Å². The number of nitrogens with zero attached hydrogens (tertiary/aromatic N) is 1. The Bertz CT molecular complexity index is 205. The summed E-state index contributed by atoms with van der Waals surface area (Å²) in [6, 6.07) is 0.452. The zero-order valence-electron chi connectivity index (χ0n) is 10.2. The summed E-state index contributed by atoms with van der Waals surface area (Å²) in [6.07, 6.45) is 2.36. The van der Waals surface area contributed by atoms with Gasteiger partial charge in [-0.2, -0.15) is 0 Å². The highest BCUT2D eigenvalue weighted by Gasteiger charge is 2.18. The summed E-state index contributed by atoms with van der Waals surface area (Å²) in [5.41, 5.74) is 0. The van der Waals surface area contributed by atoms with Crippen molar-refractivity contribution in [2.45, 2.75) is 18.9 Å². The smallest absolute Gasteiger partial charge is 0.248 e. The van der Waals surface area contributed by atoms with Crippen LogP contribution in [0.25, 0.3) is 0 Å². The average molecular weight is 230 g/mol. The molecule has 1 heterocycles. The van der Waals surface area contributed by atoms with Crippen molar-refractivity contribution >= 4 is 5.91 Å². The van der Waals surface area contributed by atoms with Crippen LogP contribution in [-0.2, 0) is 14.3 Å². The van der Waals surface area contributed by atoms with Crippen molar-refractivity contribution < 1.29 is 14.3 Å². The molecule has 0 bridgehead atoms. The number of ether oxygens (including phenoxy) is 2. The minimum atomic E-state index is 0.0322. The molecule has 0 radical (unpaired) electrons. The molecule has 5 nitrogen and oxygen atoms in total. The minimum Gasteiger partial charge on any atom is -0.382 e. The van der Waals surface area contributed by atoms with Gasteiger partial charge in [0.1, 0.15) is 6.61 Å². The van der Waals surface area contributed by atoms with Gasteiger partial charge in [-0.05, 0) is 19.4 Å². The van der Waals surface area contributed by atoms with Crippen LogP contribution < -0.4 is 5.32 Å². The molecule has 0 aromatic rings. The fourth-order valence-electron chi connectivity index (χ4n) is 1.76. The molecular weight excluding hydrogens is 208 g/mol. The molecule has 0 spiro atoms. The van der Waals surface area contributed by atoms with Gasteiger partial charge in [-0.25, -0.2) is 0 Å². The topological polar surface area (TPSA) is 50.8 Å². The average Bonchev–Trinajstić information content (AvgIpc) is 2.76. The Kier molecular flexibility index (Phi) is 6.37. The predicted octanol–water partition coefficient (Wildman–Crippen LogP) is -0.140. The SMILES string of the molecule is COCCOCC(=O)N(C)CC1CCCN1. The van der Waals surface area contributed by atoms with Crippen LogP contribution in [0, 0.1) is 0 Å². The fraction of sp³-hybridized carbons (Fsp3) is 0.909. The summed E-state index contributed by atoms with van der Waals surface area (Å²) in [5.74, 6) is 0.0322. The van der Waals surface area contributed by atoms with Gasteiger partial charge in [-0.15, -0.1) is 0 Å². The van der Waals surface area contributed by atoms with Gasteiger partial charge in [0.2, 0.25) is 5.91 Å². The number of carbonyl (C=O) groups excluding carboxylic acids is 1. The quantitative estimate of drug-likeness (QED) is 0.619. The molecule has 1 fully saturated rings. The van der Waals surface area contributed by atoms with Gasteiger partial charge in [0, 0.05) is 26.7 Å². The van der Waals surface area contributed by atoms with Gasteiger partial charge >= 0.3 is 0 Å². The van der Waals surface area contributed by atoms with Crippen LogP contribution in [0.5, 0.6) is 0 Å². The normalized spacial score (nSPS) is 20.0. The number of hydrogen-bond donors (Lipinski definition) is 1. The Hall–Kier alpha value is -0.650. The van der Waals surface area contributed by atoms with Crippen LogP contribution in [0.3, 0.4) is 0 Å². The van der Waals surface area contributed by atoms with Crippen LogP contribution in [0.2, 0.25) is 0 Å². The zero-order valence-corrected chi connectivity index (χ0v) is 10.2. The second kappa shape index (κ2) is 7.60. The molecule has 0 aliphatic carbocycles. The molecule has 0 saturated carbocycles. The van der Waals surface area contributed by atoms with E-state index in [2.05, 4.69) is 5.32 Å². The zero-order chi connectivity index (χ0) is 11.8. The molecule has 1 N–H and O–H groups in total. The van der Waals surface area contributed by atoms with Crippen LogP contribution in [0.15, 0.2) is 0 Å². The lowest BCUT2D eigenvalue weighted by Gasteiger charge is -2.21. The Balaban J connectivity index is 2.09. The molecule has 94 valence electrons. The summed E-state index contributed by atoms with van der Waals surface area (Å²) < 4.78 is 10.0. The van der Waals surface area contributed by atoms with Crippen molar-refractivity contribution in [1.29, 1.82) is 0 Å². The van der Waals surface area contributed by atoms with Crippen molar-refractivity contribution in [3.05, 3.63) is 0 Å². The van der Waals surface area contributed by atoms with Crippen molar-refractivity contribution in [2.75, 3.05) is 47.1 Å². The van der Waals surface area contributed by atoms with E-state index in [4.69, 9.17) is 9.47 Å². The minimum absolute atomic E-state index is 0.0322. The number of nitrogens with one attached hydrogen (secondary N) is 1. The fourth-order valence-corrected chi connectivity index (χ4v) is 1.76. The van der Waals surface area contributed by atoms with E-state index in [-0.39, 0.29) is 12.5 Å². The number of likely N-dealkylation sites (N-methyl/N-ethyl adjacent to an activating group) is 1. The third-order valence-electron chi connectivity index (χ3n) is 2.74. The molecule has 1 aliphatic rings. The van der Waals surface area contributed by atoms with Crippen molar-refractivity contribution in [3.63, 3.8) is 0 Å². The van der Waals surface area contributed by atoms with Gasteiger partial charge in [0.15, 0.2) is 0 Å². The van der Waals surface area contributed by atoms with Gasteiger partial charge in [-0.3, -0.25) is 4.79 Å². The maximum atomic E-state index is 11.6. The summed E-state index contributed by atoms with van der Waals surface area (Å²) >= 11 is 0. The third-order valence-corrected chi connectivity index (χ3v) is 2.74. The Labute approximate surface area is 97.1 Å². The number of amides is 1. The second-order valence-electron chi connectivity index (χ2n) is 4.11. The largest absolute Gasteiger partial charge is 0.382 e. The van der Waals surface area contributed by atoms with E-state index < -0.39 is 0 Å². The molecule has 5 heteroatoms. The molecule has 1 saturated heterocycles. The molecule has 0 aromatic heterocycles. The molecule has 1 aliphatic heterocycles. The van der Waals surface area contributed by atoms with E-state index in [0.29, 0.717) is 19.3 Å². The first-order valence-corrected chi connectivity index (χ1v) is 5.78. The highest BCUT2D eigenvalue weighted by molar-refractivity contribution is 5.77. The third kappa shape index (κ3) is 4.92. The predicted molar refractivity (Wildman–Crippen MR) is 61.4 cm³/mol. The maximum absolute atomic E-state index is 11.6. The Morgan fingerprint density at radius 1 is 1.50 bits per heavy atom. The number of methoxy groups -OCH3 is 1. The van der Waals surface area contributed by atoms with E-state index in [1.165, 1.54) is 6.42 Å². The van der Waals surface area contributed by atoms with Crippen LogP contribution in [0.1, 0.15) is 12.8 Å². The number of rotatable bonds is 7. The van der Waals surface area contributed by atoms with Crippen LogP contribution in [-0.4, -0.2) is 63.9 Å². The summed E-state index contributed by atoms with van der Waals surface area (Å²) in [6.45, 7) is 2.98. The van der Waals surface area contributed by atoms with E-state index in [0.717, 1.165) is 19.5 Å². The molecule has 1 rings (SSSR count). The first-order valence-electron chi connectivity index (χ1n) is 5.78. The highest BCUT2D eigenvalue weighted by atomic mass is 16.5. The second-order valence-corrected chi connectivity index (χ2v) is 4.11. The Morgan fingerprint density at radius 3 is 2.94 bits per heavy atom. The summed E-state index contributed by atoms with van der Waals surface area (Å²) in [4.78, 5) is 13.4. The first-order chi connectivity index (χ1) is 7.74. The summed E-state index contributed by atoms with van der Waals surface area (Å²) in [7, 11) is 3.44. The van der Waals surface area contributed by atoms with Crippen LogP contribution >= 0.6 is 0 Å². The summed E-state index contributed by atoms with van der Waals surface area (Å²) in [5, 5.41) is 3.36. The standard InChI is InChI=1S/C11H22N2O3/c1-13(8-10-4-3-5-12-10)11(14)9-16-7-6-15-2/h10,12H,3-9H2,1-2H3. The maximum Gasteiger partial charge on any atom is 0.248 e. The lowest BCUT2D eigenvalue weighted by atomic mass is 10.2. The van der Waals surface area contributed by atoms with E-state index >= 15 is 0 Å². The molecule has 16 heavy (non-hydrogen) atoms. The van der Waals surface area contributed by atoms with Crippen molar-refractivity contribution in [1.82, 2.24) is 10.2 Å². The first kappa shape index (κ1) is 13.4. The van der Waals surface area contributed by atoms with E-state index in [1.807, 2.05) is 7.05 Å². The molecule has 1 atom stereocenters.